The molecule has 0 saturated heterocycles. The molecule has 0 spiro atoms. The van der Waals surface area contributed by atoms with E-state index in [2.05, 4.69) is 12.1 Å². The van der Waals surface area contributed by atoms with Crippen LogP contribution < -0.4 is 0 Å². The van der Waals surface area contributed by atoms with Crippen LogP contribution in [0.2, 0.25) is 0 Å². The van der Waals surface area contributed by atoms with E-state index in [0.29, 0.717) is 12.3 Å². The highest BCUT2D eigenvalue weighted by Gasteiger charge is 2.10. The predicted molar refractivity (Wildman–Crippen MR) is 43.4 cm³/mol. The lowest BCUT2D eigenvalue weighted by Gasteiger charge is -2.10. The third-order valence-electron chi connectivity index (χ3n) is 1.77. The first-order valence-electron chi connectivity index (χ1n) is 3.99. The van der Waals surface area contributed by atoms with Gasteiger partial charge in [0.1, 0.15) is 0 Å². The van der Waals surface area contributed by atoms with Crippen LogP contribution in [0.1, 0.15) is 33.1 Å². The van der Waals surface area contributed by atoms with Gasteiger partial charge < -0.3 is 0 Å². The Kier molecular flexibility index (Phi) is 5.21. The summed E-state index contributed by atoms with van der Waals surface area (Å²) in [5.74, 6) is 0.544. The summed E-state index contributed by atoms with van der Waals surface area (Å²) in [5.41, 5.74) is 0. The summed E-state index contributed by atoms with van der Waals surface area (Å²) in [7, 11) is 0. The average Bonchev–Trinajstić information content (AvgIpc) is 1.97. The number of unbranched alkanes of at least 4 members (excludes halogenated alkanes) is 1. The molecule has 0 N–H and O–H groups in total. The molecule has 0 aliphatic heterocycles. The van der Waals surface area contributed by atoms with E-state index in [-0.39, 0.29) is 5.92 Å². The Bertz CT molecular complexity index is 171. The zero-order valence-corrected chi connectivity index (χ0v) is 7.17. The molecule has 2 heteroatoms. The van der Waals surface area contributed by atoms with Crippen LogP contribution in [0.3, 0.4) is 0 Å². The molecule has 0 aliphatic carbocycles. The lowest BCUT2D eigenvalue weighted by molar-refractivity contribution is 0.436. The molecule has 0 heterocycles. The molecule has 60 valence electrons. The molecule has 0 aromatic heterocycles. The Balaban J connectivity index is 3.57. The first kappa shape index (κ1) is 9.98. The molecule has 0 bridgehead atoms. The van der Waals surface area contributed by atoms with Crippen molar-refractivity contribution in [2.45, 2.75) is 33.1 Å². The lowest BCUT2D eigenvalue weighted by Crippen LogP contribution is -2.05. The highest BCUT2D eigenvalue weighted by atomic mass is 14.3. The van der Waals surface area contributed by atoms with Gasteiger partial charge in [-0.1, -0.05) is 13.8 Å². The van der Waals surface area contributed by atoms with Crippen LogP contribution >= 0.6 is 0 Å². The molecule has 0 aromatic carbocycles. The molecule has 1 atom stereocenters. The standard InChI is InChI=1S/C9H14N2/c1-8(2)9(7-11)5-3-4-6-10/h8-9H,3-5H2,1-2H3. The number of rotatable bonds is 4. The van der Waals surface area contributed by atoms with Crippen molar-refractivity contribution in [3.63, 3.8) is 0 Å². The fourth-order valence-electron chi connectivity index (χ4n) is 0.948. The van der Waals surface area contributed by atoms with Gasteiger partial charge in [0.05, 0.1) is 12.1 Å². The maximum absolute atomic E-state index is 8.66. The topological polar surface area (TPSA) is 47.6 Å². The van der Waals surface area contributed by atoms with Gasteiger partial charge in [0.25, 0.3) is 0 Å². The maximum Gasteiger partial charge on any atom is 0.0658 e. The van der Waals surface area contributed by atoms with Crippen LogP contribution in [0.5, 0.6) is 0 Å². The van der Waals surface area contributed by atoms with Crippen molar-refractivity contribution < 1.29 is 0 Å². The largest absolute Gasteiger partial charge is 0.198 e. The van der Waals surface area contributed by atoms with Crippen molar-refractivity contribution >= 4 is 0 Å². The van der Waals surface area contributed by atoms with Crippen LogP contribution in [0.15, 0.2) is 0 Å². The molecule has 0 saturated carbocycles. The Morgan fingerprint density at radius 3 is 2.27 bits per heavy atom. The number of nitriles is 2. The zero-order valence-electron chi connectivity index (χ0n) is 7.17. The van der Waals surface area contributed by atoms with E-state index < -0.39 is 0 Å². The molecule has 0 rings (SSSR count). The van der Waals surface area contributed by atoms with Crippen molar-refractivity contribution in [2.75, 3.05) is 0 Å². The fraction of sp³-hybridized carbons (Fsp3) is 0.778. The molecule has 1 unspecified atom stereocenters. The van der Waals surface area contributed by atoms with E-state index in [0.717, 1.165) is 12.8 Å². The van der Waals surface area contributed by atoms with Crippen molar-refractivity contribution in [3.05, 3.63) is 0 Å². The molecule has 0 fully saturated rings. The summed E-state index contributed by atoms with van der Waals surface area (Å²) in [6.45, 7) is 4.08. The summed E-state index contributed by atoms with van der Waals surface area (Å²) < 4.78 is 0. The highest BCUT2D eigenvalue weighted by molar-refractivity contribution is 4.85. The van der Waals surface area contributed by atoms with Crippen molar-refractivity contribution in [3.8, 4) is 12.1 Å². The Hall–Kier alpha value is -1.02. The second kappa shape index (κ2) is 5.74. The van der Waals surface area contributed by atoms with Crippen LogP contribution in [-0.4, -0.2) is 0 Å². The Labute approximate surface area is 68.4 Å². The highest BCUT2D eigenvalue weighted by Crippen LogP contribution is 2.16. The molecular formula is C9H14N2. The summed E-state index contributed by atoms with van der Waals surface area (Å²) in [5, 5.41) is 16.9. The van der Waals surface area contributed by atoms with E-state index in [9.17, 15) is 0 Å². The number of hydrogen-bond acceptors (Lipinski definition) is 2. The first-order chi connectivity index (χ1) is 5.22. The van der Waals surface area contributed by atoms with E-state index >= 15 is 0 Å². The van der Waals surface area contributed by atoms with Crippen molar-refractivity contribution in [1.82, 2.24) is 0 Å². The van der Waals surface area contributed by atoms with Gasteiger partial charge in [-0.05, 0) is 18.8 Å². The van der Waals surface area contributed by atoms with Crippen molar-refractivity contribution in [1.29, 1.82) is 10.5 Å². The third kappa shape index (κ3) is 4.39. The average molecular weight is 150 g/mol. The van der Waals surface area contributed by atoms with Gasteiger partial charge in [-0.3, -0.25) is 0 Å². The van der Waals surface area contributed by atoms with E-state index in [4.69, 9.17) is 10.5 Å². The molecular weight excluding hydrogens is 136 g/mol. The van der Waals surface area contributed by atoms with Gasteiger partial charge in [-0.15, -0.1) is 0 Å². The summed E-state index contributed by atoms with van der Waals surface area (Å²) in [6, 6.07) is 4.33. The zero-order chi connectivity index (χ0) is 8.69. The van der Waals surface area contributed by atoms with Gasteiger partial charge in [0.2, 0.25) is 0 Å². The summed E-state index contributed by atoms with van der Waals surface area (Å²) >= 11 is 0. The predicted octanol–water partition coefficient (Wildman–Crippen LogP) is 2.48. The van der Waals surface area contributed by atoms with Crippen LogP contribution in [0.25, 0.3) is 0 Å². The summed E-state index contributed by atoms with van der Waals surface area (Å²) in [4.78, 5) is 0. The Morgan fingerprint density at radius 1 is 1.27 bits per heavy atom. The first-order valence-corrected chi connectivity index (χ1v) is 3.99. The minimum atomic E-state index is 0.128. The van der Waals surface area contributed by atoms with Crippen LogP contribution in [0.4, 0.5) is 0 Å². The fourth-order valence-corrected chi connectivity index (χ4v) is 0.948. The van der Waals surface area contributed by atoms with E-state index in [1.807, 2.05) is 13.8 Å². The molecule has 0 radical (unpaired) electrons. The molecule has 2 nitrogen and oxygen atoms in total. The SMILES string of the molecule is CC(C)C(C#N)CCCC#N. The van der Waals surface area contributed by atoms with E-state index in [1.165, 1.54) is 0 Å². The van der Waals surface area contributed by atoms with E-state index in [1.54, 1.807) is 0 Å². The molecule has 0 aromatic rings. The van der Waals surface area contributed by atoms with Gasteiger partial charge in [0, 0.05) is 12.3 Å². The van der Waals surface area contributed by atoms with Gasteiger partial charge in [-0.25, -0.2) is 0 Å². The molecule has 11 heavy (non-hydrogen) atoms. The third-order valence-corrected chi connectivity index (χ3v) is 1.77. The number of hydrogen-bond donors (Lipinski definition) is 0. The smallest absolute Gasteiger partial charge is 0.0658 e. The monoisotopic (exact) mass is 150 g/mol. The summed E-state index contributed by atoms with van der Waals surface area (Å²) in [6.07, 6.45) is 2.29. The number of nitrogens with zero attached hydrogens (tertiary/aromatic N) is 2. The minimum absolute atomic E-state index is 0.128. The van der Waals surface area contributed by atoms with Crippen LogP contribution in [-0.2, 0) is 0 Å². The second-order valence-corrected chi connectivity index (χ2v) is 3.03. The molecule has 0 amide bonds. The normalized spacial score (nSPS) is 12.1. The quantitative estimate of drug-likeness (QED) is 0.578. The van der Waals surface area contributed by atoms with Crippen molar-refractivity contribution in [2.24, 2.45) is 11.8 Å². The Morgan fingerprint density at radius 2 is 1.91 bits per heavy atom. The minimum Gasteiger partial charge on any atom is -0.198 e. The van der Waals surface area contributed by atoms with Gasteiger partial charge >= 0.3 is 0 Å². The van der Waals surface area contributed by atoms with Gasteiger partial charge in [-0.2, -0.15) is 10.5 Å². The lowest BCUT2D eigenvalue weighted by atomic mass is 9.92. The van der Waals surface area contributed by atoms with Gasteiger partial charge in [0.15, 0.2) is 0 Å². The maximum atomic E-state index is 8.66. The second-order valence-electron chi connectivity index (χ2n) is 3.03. The van der Waals surface area contributed by atoms with Crippen LogP contribution in [0, 0.1) is 34.5 Å². The molecule has 0 aliphatic rings.